The van der Waals surface area contributed by atoms with E-state index in [0.717, 1.165) is 22.4 Å². The highest BCUT2D eigenvalue weighted by Crippen LogP contribution is 2.27. The van der Waals surface area contributed by atoms with Gasteiger partial charge < -0.3 is 15.7 Å². The van der Waals surface area contributed by atoms with Gasteiger partial charge in [0.2, 0.25) is 0 Å². The van der Waals surface area contributed by atoms with Crippen LogP contribution in [-0.4, -0.2) is 17.0 Å². The number of amidine groups is 1. The average Bonchev–Trinajstić information content (AvgIpc) is 2.98. The van der Waals surface area contributed by atoms with Crippen LogP contribution in [0.5, 0.6) is 5.75 Å². The molecule has 0 fully saturated rings. The summed E-state index contributed by atoms with van der Waals surface area (Å²) in [6.07, 6.45) is 0.893. The number of oxime groups is 1. The van der Waals surface area contributed by atoms with Crippen molar-refractivity contribution in [1.82, 2.24) is 0 Å². The molecule has 2 rings (SSSR count). The standard InChI is InChI=1S/C16H18N2O3S/c1-4-12-5-6-13(22-12)16(19)21-14-9(2)7-11(8-10(14)3)15(17)18-20/h5-8,20H,4H2,1-3H3,(H2,17,18). The first kappa shape index (κ1) is 16.0. The minimum Gasteiger partial charge on any atom is -0.422 e. The summed E-state index contributed by atoms with van der Waals surface area (Å²) < 4.78 is 5.52. The number of hydrogen-bond donors (Lipinski definition) is 2. The Morgan fingerprint density at radius 1 is 1.32 bits per heavy atom. The van der Waals surface area contributed by atoms with E-state index >= 15 is 0 Å². The van der Waals surface area contributed by atoms with Crippen LogP contribution in [0.2, 0.25) is 0 Å². The Kier molecular flexibility index (Phi) is 4.82. The van der Waals surface area contributed by atoms with Crippen LogP contribution in [-0.2, 0) is 6.42 Å². The Balaban J connectivity index is 2.28. The lowest BCUT2D eigenvalue weighted by molar-refractivity contribution is 0.0737. The van der Waals surface area contributed by atoms with E-state index in [1.807, 2.05) is 26.8 Å². The number of esters is 1. The number of benzene rings is 1. The van der Waals surface area contributed by atoms with E-state index in [-0.39, 0.29) is 11.8 Å². The molecule has 22 heavy (non-hydrogen) atoms. The van der Waals surface area contributed by atoms with Crippen molar-refractivity contribution in [3.8, 4) is 5.75 Å². The summed E-state index contributed by atoms with van der Waals surface area (Å²) in [5.74, 6) is 0.160. The van der Waals surface area contributed by atoms with E-state index in [4.69, 9.17) is 15.7 Å². The highest BCUT2D eigenvalue weighted by atomic mass is 32.1. The molecule has 1 heterocycles. The second-order valence-corrected chi connectivity index (χ2v) is 6.10. The fourth-order valence-electron chi connectivity index (χ4n) is 2.14. The SMILES string of the molecule is CCc1ccc(C(=O)Oc2c(C)cc(C(N)=NO)cc2C)s1. The van der Waals surface area contributed by atoms with Crippen LogP contribution in [0.4, 0.5) is 0 Å². The van der Waals surface area contributed by atoms with Gasteiger partial charge in [0.05, 0.1) is 0 Å². The summed E-state index contributed by atoms with van der Waals surface area (Å²) in [4.78, 5) is 13.9. The molecule has 0 atom stereocenters. The van der Waals surface area contributed by atoms with Crippen LogP contribution < -0.4 is 10.5 Å². The molecule has 0 saturated heterocycles. The predicted octanol–water partition coefficient (Wildman–Crippen LogP) is 3.24. The number of carbonyl (C=O) groups excluding carboxylic acids is 1. The van der Waals surface area contributed by atoms with Crippen LogP contribution in [0.1, 0.15) is 38.2 Å². The molecule has 116 valence electrons. The normalized spacial score (nSPS) is 11.5. The first-order chi connectivity index (χ1) is 10.5. The van der Waals surface area contributed by atoms with Crippen molar-refractivity contribution in [2.45, 2.75) is 27.2 Å². The van der Waals surface area contributed by atoms with Gasteiger partial charge in [-0.2, -0.15) is 0 Å². The fraction of sp³-hybridized carbons (Fsp3) is 0.250. The van der Waals surface area contributed by atoms with Crippen molar-refractivity contribution in [2.24, 2.45) is 10.9 Å². The maximum Gasteiger partial charge on any atom is 0.353 e. The molecule has 0 aliphatic carbocycles. The molecule has 0 unspecified atom stereocenters. The van der Waals surface area contributed by atoms with E-state index in [2.05, 4.69) is 5.16 Å². The Hall–Kier alpha value is -2.34. The zero-order chi connectivity index (χ0) is 16.3. The van der Waals surface area contributed by atoms with Crippen LogP contribution in [0.15, 0.2) is 29.4 Å². The number of rotatable bonds is 4. The summed E-state index contributed by atoms with van der Waals surface area (Å²) in [5.41, 5.74) is 7.68. The summed E-state index contributed by atoms with van der Waals surface area (Å²) in [5, 5.41) is 11.7. The Morgan fingerprint density at radius 3 is 2.45 bits per heavy atom. The zero-order valence-corrected chi connectivity index (χ0v) is 13.5. The quantitative estimate of drug-likeness (QED) is 0.226. The minimum atomic E-state index is -0.368. The van der Waals surface area contributed by atoms with Gasteiger partial charge in [-0.1, -0.05) is 12.1 Å². The first-order valence-electron chi connectivity index (χ1n) is 6.86. The van der Waals surface area contributed by atoms with Gasteiger partial charge in [-0.05, 0) is 55.7 Å². The third-order valence-electron chi connectivity index (χ3n) is 3.27. The summed E-state index contributed by atoms with van der Waals surface area (Å²) in [6, 6.07) is 7.15. The van der Waals surface area contributed by atoms with Gasteiger partial charge in [-0.25, -0.2) is 4.79 Å². The lowest BCUT2D eigenvalue weighted by Crippen LogP contribution is -2.15. The molecule has 6 heteroatoms. The second-order valence-electron chi connectivity index (χ2n) is 4.93. The Bertz CT molecular complexity index is 712. The van der Waals surface area contributed by atoms with Crippen molar-refractivity contribution >= 4 is 23.1 Å². The number of nitrogens with zero attached hydrogens (tertiary/aromatic N) is 1. The van der Waals surface area contributed by atoms with Gasteiger partial charge in [-0.15, -0.1) is 11.3 Å². The predicted molar refractivity (Wildman–Crippen MR) is 87.1 cm³/mol. The lowest BCUT2D eigenvalue weighted by atomic mass is 10.1. The molecule has 0 bridgehead atoms. The molecule has 0 saturated carbocycles. The van der Waals surface area contributed by atoms with Crippen LogP contribution in [0, 0.1) is 13.8 Å². The second kappa shape index (κ2) is 6.62. The highest BCUT2D eigenvalue weighted by Gasteiger charge is 2.16. The van der Waals surface area contributed by atoms with Crippen LogP contribution >= 0.6 is 11.3 Å². The zero-order valence-electron chi connectivity index (χ0n) is 12.7. The van der Waals surface area contributed by atoms with Crippen LogP contribution in [0.3, 0.4) is 0 Å². The Morgan fingerprint density at radius 2 is 1.95 bits per heavy atom. The number of ether oxygens (including phenoxy) is 1. The smallest absolute Gasteiger partial charge is 0.353 e. The molecule has 1 aromatic heterocycles. The van der Waals surface area contributed by atoms with E-state index in [1.165, 1.54) is 11.3 Å². The lowest BCUT2D eigenvalue weighted by Gasteiger charge is -2.11. The third-order valence-corrected chi connectivity index (χ3v) is 4.48. The highest BCUT2D eigenvalue weighted by molar-refractivity contribution is 7.13. The minimum absolute atomic E-state index is 0.0231. The molecule has 0 amide bonds. The summed E-state index contributed by atoms with van der Waals surface area (Å²) >= 11 is 1.44. The molecule has 0 radical (unpaired) electrons. The third kappa shape index (κ3) is 3.28. The molecule has 0 aliphatic heterocycles. The molecule has 3 N–H and O–H groups in total. The van der Waals surface area contributed by atoms with Gasteiger partial charge in [-0.3, -0.25) is 0 Å². The van der Waals surface area contributed by atoms with E-state index in [9.17, 15) is 4.79 Å². The van der Waals surface area contributed by atoms with Crippen molar-refractivity contribution in [3.63, 3.8) is 0 Å². The largest absolute Gasteiger partial charge is 0.422 e. The molecule has 1 aromatic carbocycles. The van der Waals surface area contributed by atoms with Gasteiger partial charge in [0, 0.05) is 10.4 Å². The fourth-order valence-corrected chi connectivity index (χ4v) is 2.96. The van der Waals surface area contributed by atoms with Crippen molar-refractivity contribution in [2.75, 3.05) is 0 Å². The molecule has 0 aliphatic rings. The number of carbonyl (C=O) groups is 1. The molecule has 2 aromatic rings. The van der Waals surface area contributed by atoms with Gasteiger partial charge in [0.15, 0.2) is 5.84 Å². The van der Waals surface area contributed by atoms with Crippen LogP contribution in [0.25, 0.3) is 0 Å². The van der Waals surface area contributed by atoms with Gasteiger partial charge in [0.25, 0.3) is 0 Å². The van der Waals surface area contributed by atoms with E-state index in [1.54, 1.807) is 18.2 Å². The van der Waals surface area contributed by atoms with E-state index in [0.29, 0.717) is 16.2 Å². The van der Waals surface area contributed by atoms with Gasteiger partial charge >= 0.3 is 5.97 Å². The average molecular weight is 318 g/mol. The molecule has 0 spiro atoms. The number of thiophene rings is 1. The monoisotopic (exact) mass is 318 g/mol. The number of aryl methyl sites for hydroxylation is 3. The van der Waals surface area contributed by atoms with E-state index < -0.39 is 0 Å². The summed E-state index contributed by atoms with van der Waals surface area (Å²) in [6.45, 7) is 5.67. The van der Waals surface area contributed by atoms with Crippen molar-refractivity contribution < 1.29 is 14.7 Å². The molecular weight excluding hydrogens is 300 g/mol. The topological polar surface area (TPSA) is 84.9 Å². The van der Waals surface area contributed by atoms with Gasteiger partial charge in [0.1, 0.15) is 10.6 Å². The van der Waals surface area contributed by atoms with Crippen molar-refractivity contribution in [3.05, 3.63) is 50.7 Å². The maximum atomic E-state index is 12.2. The maximum absolute atomic E-state index is 12.2. The Labute approximate surface area is 133 Å². The molecular formula is C16H18N2O3S. The first-order valence-corrected chi connectivity index (χ1v) is 7.68. The van der Waals surface area contributed by atoms with Crippen molar-refractivity contribution in [1.29, 1.82) is 0 Å². The number of hydrogen-bond acceptors (Lipinski definition) is 5. The number of nitrogens with two attached hydrogens (primary N) is 1. The molecule has 5 nitrogen and oxygen atoms in total. The summed E-state index contributed by atoms with van der Waals surface area (Å²) in [7, 11) is 0.